The number of aromatic nitrogens is 1. The van der Waals surface area contributed by atoms with Gasteiger partial charge in [0, 0.05) is 0 Å². The van der Waals surface area contributed by atoms with Crippen LogP contribution in [0.3, 0.4) is 0 Å². The van der Waals surface area contributed by atoms with Crippen LogP contribution in [0.25, 0.3) is 10.2 Å². The molecule has 0 saturated heterocycles. The summed E-state index contributed by atoms with van der Waals surface area (Å²) in [5.74, 6) is -0.292. The first-order valence-electron chi connectivity index (χ1n) is 8.69. The van der Waals surface area contributed by atoms with E-state index in [2.05, 4.69) is 4.99 Å². The van der Waals surface area contributed by atoms with E-state index in [1.165, 1.54) is 11.3 Å². The van der Waals surface area contributed by atoms with Crippen LogP contribution >= 0.6 is 11.3 Å². The molecule has 0 atom stereocenters. The van der Waals surface area contributed by atoms with Crippen molar-refractivity contribution in [2.45, 2.75) is 20.4 Å². The summed E-state index contributed by atoms with van der Waals surface area (Å²) in [6, 6.07) is 14.6. The van der Waals surface area contributed by atoms with Gasteiger partial charge in [-0.05, 0) is 38.1 Å². The minimum atomic E-state index is -0.414. The van der Waals surface area contributed by atoms with Crippen LogP contribution in [-0.2, 0) is 16.1 Å². The van der Waals surface area contributed by atoms with Gasteiger partial charge in [-0.1, -0.05) is 35.6 Å². The first-order valence-corrected chi connectivity index (χ1v) is 9.50. The molecule has 6 nitrogen and oxygen atoms in total. The molecule has 0 saturated carbocycles. The number of rotatable bonds is 6. The molecule has 1 amide bonds. The smallest absolute Gasteiger partial charge is 0.326 e. The van der Waals surface area contributed by atoms with E-state index in [1.54, 1.807) is 29.7 Å². The van der Waals surface area contributed by atoms with Gasteiger partial charge in [-0.2, -0.15) is 4.99 Å². The maximum absolute atomic E-state index is 12.8. The van der Waals surface area contributed by atoms with E-state index in [1.807, 2.05) is 37.3 Å². The molecular weight excluding hydrogens is 364 g/mol. The van der Waals surface area contributed by atoms with Crippen molar-refractivity contribution in [1.29, 1.82) is 0 Å². The van der Waals surface area contributed by atoms with Crippen LogP contribution in [0.15, 0.2) is 53.5 Å². The summed E-state index contributed by atoms with van der Waals surface area (Å²) in [5.41, 5.74) is 1.22. The van der Waals surface area contributed by atoms with E-state index in [0.717, 1.165) is 10.2 Å². The summed E-state index contributed by atoms with van der Waals surface area (Å²) >= 11 is 1.35. The molecule has 0 fully saturated rings. The third kappa shape index (κ3) is 4.25. The van der Waals surface area contributed by atoms with Gasteiger partial charge in [0.15, 0.2) is 4.80 Å². The highest BCUT2D eigenvalue weighted by molar-refractivity contribution is 7.16. The molecule has 1 aromatic heterocycles. The van der Waals surface area contributed by atoms with Crippen molar-refractivity contribution in [3.63, 3.8) is 0 Å². The third-order valence-corrected chi connectivity index (χ3v) is 4.85. The van der Waals surface area contributed by atoms with E-state index in [0.29, 0.717) is 29.3 Å². The number of benzene rings is 2. The van der Waals surface area contributed by atoms with E-state index in [-0.39, 0.29) is 12.5 Å². The number of carbonyl (C=O) groups excluding carboxylic acids is 2. The number of nitrogens with zero attached hydrogens (tertiary/aromatic N) is 2. The van der Waals surface area contributed by atoms with Crippen molar-refractivity contribution in [2.75, 3.05) is 13.2 Å². The van der Waals surface area contributed by atoms with E-state index < -0.39 is 5.91 Å². The molecule has 3 rings (SSSR count). The molecule has 0 aliphatic carbocycles. The zero-order valence-corrected chi connectivity index (χ0v) is 16.0. The number of ether oxygens (including phenoxy) is 2. The summed E-state index contributed by atoms with van der Waals surface area (Å²) in [7, 11) is 0. The van der Waals surface area contributed by atoms with Crippen molar-refractivity contribution in [2.24, 2.45) is 4.99 Å². The van der Waals surface area contributed by atoms with E-state index in [9.17, 15) is 9.59 Å². The standard InChI is InChI=1S/C20H20N2O4S/c1-3-25-16-11-7-5-9-14(16)19(24)21-20-22(13-18(23)26-4-2)15-10-6-8-12-17(15)27-20/h5-12H,3-4,13H2,1-2H3. The van der Waals surface area contributed by atoms with Crippen LogP contribution in [0.4, 0.5) is 0 Å². The van der Waals surface area contributed by atoms with Crippen LogP contribution in [0, 0.1) is 0 Å². The number of thiazole rings is 1. The summed E-state index contributed by atoms with van der Waals surface area (Å²) in [6.07, 6.45) is 0. The molecule has 0 aliphatic rings. The minimum Gasteiger partial charge on any atom is -0.493 e. The number of para-hydroxylation sites is 2. The van der Waals surface area contributed by atoms with Gasteiger partial charge in [0.25, 0.3) is 5.91 Å². The summed E-state index contributed by atoms with van der Waals surface area (Å²) < 4.78 is 13.2. The Labute approximate surface area is 160 Å². The lowest BCUT2D eigenvalue weighted by atomic mass is 10.2. The highest BCUT2D eigenvalue weighted by atomic mass is 32.1. The fraction of sp³-hybridized carbons (Fsp3) is 0.250. The number of hydrogen-bond acceptors (Lipinski definition) is 5. The molecule has 0 aliphatic heterocycles. The molecule has 0 N–H and O–H groups in total. The Morgan fingerprint density at radius 1 is 1.04 bits per heavy atom. The van der Waals surface area contributed by atoms with Crippen LogP contribution < -0.4 is 9.54 Å². The zero-order valence-electron chi connectivity index (χ0n) is 15.2. The van der Waals surface area contributed by atoms with Gasteiger partial charge in [-0.25, -0.2) is 0 Å². The molecule has 140 valence electrons. The molecule has 27 heavy (non-hydrogen) atoms. The molecule has 2 aromatic carbocycles. The fourth-order valence-corrected chi connectivity index (χ4v) is 3.69. The van der Waals surface area contributed by atoms with Crippen LogP contribution in [-0.4, -0.2) is 29.7 Å². The molecule has 0 unspecified atom stereocenters. The minimum absolute atomic E-state index is 0.00290. The number of fused-ring (bicyclic) bond motifs is 1. The van der Waals surface area contributed by atoms with Crippen molar-refractivity contribution in [3.05, 3.63) is 58.9 Å². The second kappa shape index (κ2) is 8.64. The summed E-state index contributed by atoms with van der Waals surface area (Å²) in [5, 5.41) is 0. The lowest BCUT2D eigenvalue weighted by molar-refractivity contribution is -0.143. The quantitative estimate of drug-likeness (QED) is 0.611. The third-order valence-electron chi connectivity index (χ3n) is 3.80. The predicted octanol–water partition coefficient (Wildman–Crippen LogP) is 3.41. The van der Waals surface area contributed by atoms with Crippen LogP contribution in [0.5, 0.6) is 5.75 Å². The summed E-state index contributed by atoms with van der Waals surface area (Å²) in [6.45, 7) is 4.37. The van der Waals surface area contributed by atoms with Gasteiger partial charge in [-0.3, -0.25) is 9.59 Å². The first-order chi connectivity index (χ1) is 13.1. The van der Waals surface area contributed by atoms with Crippen molar-refractivity contribution in [1.82, 2.24) is 4.57 Å². The van der Waals surface area contributed by atoms with Gasteiger partial charge in [0.2, 0.25) is 0 Å². The van der Waals surface area contributed by atoms with E-state index in [4.69, 9.17) is 9.47 Å². The van der Waals surface area contributed by atoms with Crippen LogP contribution in [0.2, 0.25) is 0 Å². The van der Waals surface area contributed by atoms with Gasteiger partial charge in [0.1, 0.15) is 12.3 Å². The molecule has 0 bridgehead atoms. The second-order valence-corrected chi connectivity index (χ2v) is 6.60. The van der Waals surface area contributed by atoms with Crippen molar-refractivity contribution in [3.8, 4) is 5.75 Å². The largest absolute Gasteiger partial charge is 0.493 e. The van der Waals surface area contributed by atoms with Gasteiger partial charge >= 0.3 is 5.97 Å². The SMILES string of the molecule is CCOC(=O)Cn1c(=NC(=O)c2ccccc2OCC)sc2ccccc21. The van der Waals surface area contributed by atoms with Crippen LogP contribution in [0.1, 0.15) is 24.2 Å². The molecule has 7 heteroatoms. The lowest BCUT2D eigenvalue weighted by Gasteiger charge is -2.07. The predicted molar refractivity (Wildman–Crippen MR) is 104 cm³/mol. The number of amides is 1. The Morgan fingerprint density at radius 2 is 1.78 bits per heavy atom. The number of carbonyl (C=O) groups is 2. The Kier molecular flexibility index (Phi) is 6.03. The highest BCUT2D eigenvalue weighted by Crippen LogP contribution is 2.20. The maximum Gasteiger partial charge on any atom is 0.326 e. The molecule has 0 radical (unpaired) electrons. The van der Waals surface area contributed by atoms with Gasteiger partial charge in [-0.15, -0.1) is 0 Å². The average molecular weight is 384 g/mol. The summed E-state index contributed by atoms with van der Waals surface area (Å²) in [4.78, 5) is 29.5. The van der Waals surface area contributed by atoms with Crippen molar-refractivity contribution < 1.29 is 19.1 Å². The number of hydrogen-bond donors (Lipinski definition) is 0. The molecule has 0 spiro atoms. The average Bonchev–Trinajstić information content (AvgIpc) is 3.00. The Hall–Kier alpha value is -2.93. The molecule has 3 aromatic rings. The fourth-order valence-electron chi connectivity index (χ4n) is 2.67. The highest BCUT2D eigenvalue weighted by Gasteiger charge is 2.14. The van der Waals surface area contributed by atoms with E-state index >= 15 is 0 Å². The molecule has 1 heterocycles. The molecular formula is C20H20N2O4S. The maximum atomic E-state index is 12.8. The first kappa shape index (κ1) is 18.8. The number of esters is 1. The Morgan fingerprint density at radius 3 is 2.56 bits per heavy atom. The zero-order chi connectivity index (χ0) is 19.2. The Bertz CT molecular complexity index is 1040. The lowest BCUT2D eigenvalue weighted by Crippen LogP contribution is -2.23. The van der Waals surface area contributed by atoms with Gasteiger partial charge in [0.05, 0.1) is 29.0 Å². The second-order valence-electron chi connectivity index (χ2n) is 5.59. The normalized spacial score (nSPS) is 11.6. The topological polar surface area (TPSA) is 69.9 Å². The van der Waals surface area contributed by atoms with Gasteiger partial charge < -0.3 is 14.0 Å². The van der Waals surface area contributed by atoms with Crippen molar-refractivity contribution >= 4 is 33.4 Å². The Balaban J connectivity index is 2.07. The monoisotopic (exact) mass is 384 g/mol.